The van der Waals surface area contributed by atoms with Crippen LogP contribution in [0, 0.1) is 10.8 Å². The Bertz CT molecular complexity index is 1310. The van der Waals surface area contributed by atoms with E-state index in [9.17, 15) is 9.59 Å². The molecule has 19 heteroatoms. The van der Waals surface area contributed by atoms with E-state index in [1.54, 1.807) is 63.7 Å². The predicted molar refractivity (Wildman–Crippen MR) is 220 cm³/mol. The minimum absolute atomic E-state index is 0. The number of aromatic nitrogens is 4. The SMILES string of the molecule is CC(C)(C)C(=N)N.CC(C)(C)c1nccc(C=O)n1.CCO.CC[O-].COC(OC)C(=O)/C=C/N(C)C.COC(OC)c1ccnc(C(C)(C)C)n1.Cl.O=CO.[Na+]. The van der Waals surface area contributed by atoms with Gasteiger partial charge in [-0.25, -0.2) is 19.9 Å². The van der Waals surface area contributed by atoms with Crippen molar-refractivity contribution < 1.29 is 78.2 Å². The number of aliphatic hydroxyl groups excluding tert-OH is 1. The van der Waals surface area contributed by atoms with Gasteiger partial charge in [0, 0.05) is 90.1 Å². The van der Waals surface area contributed by atoms with Crippen molar-refractivity contribution in [3.05, 3.63) is 59.8 Å². The third-order valence-corrected chi connectivity index (χ3v) is 5.49. The average Bonchev–Trinajstić information content (AvgIpc) is 3.09. The molecule has 0 amide bonds. The number of nitrogens with two attached hydrogens (primary N) is 1. The van der Waals surface area contributed by atoms with Gasteiger partial charge in [0.25, 0.3) is 6.47 Å². The summed E-state index contributed by atoms with van der Waals surface area (Å²) in [6.45, 7) is 21.2. The van der Waals surface area contributed by atoms with Crippen LogP contribution in [-0.2, 0) is 39.4 Å². The van der Waals surface area contributed by atoms with Gasteiger partial charge in [-0.1, -0.05) is 69.2 Å². The Morgan fingerprint density at radius 1 is 0.877 bits per heavy atom. The molecule has 0 radical (unpaired) electrons. The fraction of sp³-hybridized carbons (Fsp3) is 0.632. The zero-order valence-electron chi connectivity index (χ0n) is 37.6. The van der Waals surface area contributed by atoms with E-state index < -0.39 is 12.6 Å². The van der Waals surface area contributed by atoms with Crippen LogP contribution in [0.4, 0.5) is 0 Å². The van der Waals surface area contributed by atoms with Crippen molar-refractivity contribution in [1.82, 2.24) is 24.8 Å². The van der Waals surface area contributed by atoms with E-state index in [4.69, 9.17) is 50.2 Å². The molecule has 0 bridgehead atoms. The van der Waals surface area contributed by atoms with Crippen molar-refractivity contribution in [2.75, 3.05) is 55.7 Å². The second kappa shape index (κ2) is 39.8. The molecule has 326 valence electrons. The number of halogens is 1. The van der Waals surface area contributed by atoms with Crippen LogP contribution >= 0.6 is 12.4 Å². The van der Waals surface area contributed by atoms with Gasteiger partial charge in [-0.2, -0.15) is 0 Å². The maximum absolute atomic E-state index is 11.1. The van der Waals surface area contributed by atoms with Crippen molar-refractivity contribution in [2.45, 2.75) is 99.6 Å². The molecule has 5 N–H and O–H groups in total. The van der Waals surface area contributed by atoms with Gasteiger partial charge in [0.15, 0.2) is 6.29 Å². The largest absolute Gasteiger partial charge is 1.00 e. The van der Waals surface area contributed by atoms with Gasteiger partial charge in [-0.05, 0) is 19.1 Å². The summed E-state index contributed by atoms with van der Waals surface area (Å²) in [6.07, 6.45) is 5.92. The number of rotatable bonds is 9. The van der Waals surface area contributed by atoms with Crippen molar-refractivity contribution in [1.29, 1.82) is 5.41 Å². The zero-order chi connectivity index (χ0) is 44.4. The van der Waals surface area contributed by atoms with E-state index in [0.717, 1.165) is 17.8 Å². The molecule has 0 spiro atoms. The number of hydrogen-bond donors (Lipinski definition) is 4. The summed E-state index contributed by atoms with van der Waals surface area (Å²) < 4.78 is 19.8. The Morgan fingerprint density at radius 3 is 1.51 bits per heavy atom. The summed E-state index contributed by atoms with van der Waals surface area (Å²) in [5.41, 5.74) is 6.04. The molecule has 0 saturated heterocycles. The summed E-state index contributed by atoms with van der Waals surface area (Å²) in [5.74, 6) is 1.53. The van der Waals surface area contributed by atoms with Gasteiger partial charge in [0.1, 0.15) is 17.3 Å². The Morgan fingerprint density at radius 2 is 1.23 bits per heavy atom. The zero-order valence-corrected chi connectivity index (χ0v) is 40.4. The third-order valence-electron chi connectivity index (χ3n) is 5.49. The van der Waals surface area contributed by atoms with Gasteiger partial charge in [-0.15, -0.1) is 19.0 Å². The summed E-state index contributed by atoms with van der Waals surface area (Å²) in [5, 5.41) is 30.3. The molecule has 0 aliphatic heterocycles. The summed E-state index contributed by atoms with van der Waals surface area (Å²) in [7, 11) is 9.70. The normalized spacial score (nSPS) is 10.1. The molecule has 2 aromatic heterocycles. The Balaban J connectivity index is -0.000000110. The fourth-order valence-corrected chi connectivity index (χ4v) is 2.63. The summed E-state index contributed by atoms with van der Waals surface area (Å²) in [4.78, 5) is 48.5. The number of methoxy groups -OCH3 is 4. The number of aliphatic hydroxyl groups is 1. The maximum Gasteiger partial charge on any atom is 1.00 e. The summed E-state index contributed by atoms with van der Waals surface area (Å²) >= 11 is 0. The molecule has 0 saturated carbocycles. The number of ether oxygens (including phenoxy) is 4. The van der Waals surface area contributed by atoms with E-state index in [2.05, 4.69) is 40.7 Å². The molecular weight excluding hydrogens is 773 g/mol. The maximum atomic E-state index is 11.1. The van der Waals surface area contributed by atoms with Gasteiger partial charge < -0.3 is 44.9 Å². The molecule has 2 aromatic rings. The minimum atomic E-state index is -0.791. The summed E-state index contributed by atoms with van der Waals surface area (Å²) in [6, 6.07) is 3.40. The van der Waals surface area contributed by atoms with Crippen LogP contribution in [0.25, 0.3) is 0 Å². The van der Waals surface area contributed by atoms with Crippen LogP contribution in [-0.4, -0.2) is 121 Å². The predicted octanol–water partition coefficient (Wildman–Crippen LogP) is 1.36. The third kappa shape index (κ3) is 41.0. The number of carboxylic acid groups (broad SMARTS) is 1. The van der Waals surface area contributed by atoms with Crippen molar-refractivity contribution in [3.8, 4) is 0 Å². The van der Waals surface area contributed by atoms with E-state index >= 15 is 0 Å². The quantitative estimate of drug-likeness (QED) is 0.0694. The van der Waals surface area contributed by atoms with Gasteiger partial charge in [0.05, 0.1) is 11.5 Å². The number of ketones is 1. The molecule has 0 fully saturated rings. The van der Waals surface area contributed by atoms with E-state index in [-0.39, 0.29) is 89.5 Å². The van der Waals surface area contributed by atoms with Crippen LogP contribution in [0.3, 0.4) is 0 Å². The Labute approximate surface area is 369 Å². The number of carbonyl (C=O) groups excluding carboxylic acids is 2. The smallest absolute Gasteiger partial charge is 0.855 e. The molecule has 0 unspecified atom stereocenters. The fourth-order valence-electron chi connectivity index (χ4n) is 2.63. The van der Waals surface area contributed by atoms with Crippen LogP contribution in [0.1, 0.15) is 110 Å². The van der Waals surface area contributed by atoms with Crippen molar-refractivity contribution in [3.63, 3.8) is 0 Å². The van der Waals surface area contributed by atoms with Gasteiger partial charge >= 0.3 is 29.6 Å². The average molecular weight is 844 g/mol. The molecule has 0 aliphatic carbocycles. The van der Waals surface area contributed by atoms with E-state index in [1.807, 2.05) is 55.6 Å². The monoisotopic (exact) mass is 843 g/mol. The first-order valence-corrected chi connectivity index (χ1v) is 17.1. The number of amidine groups is 1. The molecule has 57 heavy (non-hydrogen) atoms. The molecule has 2 rings (SSSR count). The first-order valence-electron chi connectivity index (χ1n) is 17.1. The van der Waals surface area contributed by atoms with Crippen LogP contribution in [0.2, 0.25) is 0 Å². The molecule has 0 aliphatic rings. The molecule has 0 aromatic carbocycles. The van der Waals surface area contributed by atoms with Gasteiger partial charge in [0.2, 0.25) is 18.4 Å². The van der Waals surface area contributed by atoms with Crippen LogP contribution < -0.4 is 40.4 Å². The minimum Gasteiger partial charge on any atom is -0.855 e. The Kier molecular flexibility index (Phi) is 48.0. The van der Waals surface area contributed by atoms with Crippen LogP contribution in [0.15, 0.2) is 36.8 Å². The standard InChI is InChI=1S/C11H18N2O2.C9H12N2O.C8H15NO3.C5H12N2.C2H6O.C2H5O.CH2O2.ClH.Na/c1-11(2,3)10-12-7-6-8(13-10)9(14-4)15-5;1-9(2,3)8-10-5-4-7(6-12)11-8;1-9(2)6-5-7(10)8(11-3)12-4;1-5(2,3)4(6)7;2*1-2-3;2-1-3;;/h6-7,9H,1-5H3;4-6H,1-3H3;5-6,8H,1-4H3;1-3H3,(H3,6,7);3H,2H2,1H3;2H2,1H3;1H,(H,2,3);1H;/q;;;;;-1;;;+1/b;;6-5+;;;;;;. The molecule has 0 atom stereocenters. The van der Waals surface area contributed by atoms with E-state index in [1.165, 1.54) is 20.3 Å². The first kappa shape index (κ1) is 68.7. The number of nitrogens with zero attached hydrogens (tertiary/aromatic N) is 5. The topological polar surface area (TPSA) is 256 Å². The van der Waals surface area contributed by atoms with Crippen LogP contribution in [0.5, 0.6) is 0 Å². The van der Waals surface area contributed by atoms with E-state index in [0.29, 0.717) is 11.5 Å². The number of carbonyl (C=O) groups is 3. The van der Waals surface area contributed by atoms with Gasteiger partial charge in [-0.3, -0.25) is 19.8 Å². The number of hydrogen-bond acceptors (Lipinski definition) is 15. The second-order valence-corrected chi connectivity index (χ2v) is 13.9. The molecule has 17 nitrogen and oxygen atoms in total. The number of nitrogens with one attached hydrogen (secondary N) is 1. The molecular formula is C38H71ClN7NaO10. The number of aldehydes is 1. The first-order chi connectivity index (χ1) is 25.3. The second-order valence-electron chi connectivity index (χ2n) is 13.9. The van der Waals surface area contributed by atoms with Crippen molar-refractivity contribution in [2.24, 2.45) is 11.1 Å². The Hall–Kier alpha value is -2.97. The van der Waals surface area contributed by atoms with Crippen molar-refractivity contribution >= 4 is 36.8 Å². The molecule has 2 heterocycles.